The summed E-state index contributed by atoms with van der Waals surface area (Å²) >= 11 is 6.26. The van der Waals surface area contributed by atoms with E-state index in [1.165, 1.54) is 5.57 Å². The molecule has 0 heterocycles. The standard InChI is InChI=1S/C26H29ClO3/c1-25(2)14-20(15-26(3,4)16-25)24(19-10-11-22(28)21(27)13-19)18-8-5-17(6-9-18)7-12-23(29)30/h5-13,28H,14-16H2,1-4H3,(H,29,30). The number of carboxylic acids is 1. The number of aromatic hydroxyl groups is 1. The average Bonchev–Trinajstić information content (AvgIpc) is 2.61. The molecule has 0 unspecified atom stereocenters. The molecule has 1 fully saturated rings. The van der Waals surface area contributed by atoms with Crippen LogP contribution in [0, 0.1) is 10.8 Å². The van der Waals surface area contributed by atoms with Gasteiger partial charge in [0.15, 0.2) is 0 Å². The van der Waals surface area contributed by atoms with Crippen LogP contribution >= 0.6 is 11.6 Å². The highest BCUT2D eigenvalue weighted by molar-refractivity contribution is 6.32. The van der Waals surface area contributed by atoms with Crippen LogP contribution in [0.5, 0.6) is 5.75 Å². The normalized spacial score (nSPS) is 17.8. The molecular formula is C26H29ClO3. The first kappa shape index (κ1) is 22.2. The molecule has 0 aromatic heterocycles. The summed E-state index contributed by atoms with van der Waals surface area (Å²) in [6.45, 7) is 9.26. The van der Waals surface area contributed by atoms with Gasteiger partial charge in [0.2, 0.25) is 0 Å². The molecule has 2 aromatic rings. The molecule has 3 nitrogen and oxygen atoms in total. The van der Waals surface area contributed by atoms with Gasteiger partial charge >= 0.3 is 5.97 Å². The van der Waals surface area contributed by atoms with E-state index in [0.29, 0.717) is 5.02 Å². The molecular weight excluding hydrogens is 396 g/mol. The Kier molecular flexibility index (Phi) is 6.14. The minimum Gasteiger partial charge on any atom is -0.506 e. The first-order valence-corrected chi connectivity index (χ1v) is 10.6. The highest BCUT2D eigenvalue weighted by atomic mass is 35.5. The maximum Gasteiger partial charge on any atom is 0.328 e. The molecule has 0 radical (unpaired) electrons. The summed E-state index contributed by atoms with van der Waals surface area (Å²) in [6.07, 6.45) is 5.87. The van der Waals surface area contributed by atoms with Crippen molar-refractivity contribution < 1.29 is 15.0 Å². The number of halogens is 1. The monoisotopic (exact) mass is 424 g/mol. The van der Waals surface area contributed by atoms with Gasteiger partial charge in [-0.2, -0.15) is 0 Å². The molecule has 0 aliphatic heterocycles. The van der Waals surface area contributed by atoms with Crippen LogP contribution in [0.2, 0.25) is 5.02 Å². The van der Waals surface area contributed by atoms with Gasteiger partial charge in [-0.3, -0.25) is 0 Å². The van der Waals surface area contributed by atoms with Gasteiger partial charge in [0.05, 0.1) is 5.02 Å². The van der Waals surface area contributed by atoms with Gasteiger partial charge < -0.3 is 10.2 Å². The van der Waals surface area contributed by atoms with Crippen LogP contribution in [0.3, 0.4) is 0 Å². The first-order chi connectivity index (χ1) is 14.0. The summed E-state index contributed by atoms with van der Waals surface area (Å²) in [6, 6.07) is 13.3. The fourth-order valence-electron chi connectivity index (χ4n) is 4.98. The van der Waals surface area contributed by atoms with Crippen molar-refractivity contribution in [3.63, 3.8) is 0 Å². The Hall–Kier alpha value is -2.52. The van der Waals surface area contributed by atoms with Crippen LogP contribution < -0.4 is 0 Å². The van der Waals surface area contributed by atoms with Gasteiger partial charge in [-0.25, -0.2) is 4.79 Å². The Morgan fingerprint density at radius 2 is 1.53 bits per heavy atom. The van der Waals surface area contributed by atoms with E-state index in [4.69, 9.17) is 16.7 Å². The summed E-state index contributed by atoms with van der Waals surface area (Å²) < 4.78 is 0. The van der Waals surface area contributed by atoms with E-state index in [0.717, 1.165) is 47.6 Å². The third kappa shape index (κ3) is 5.34. The maximum absolute atomic E-state index is 10.8. The van der Waals surface area contributed by atoms with E-state index in [-0.39, 0.29) is 16.6 Å². The van der Waals surface area contributed by atoms with Crippen LogP contribution in [0.1, 0.15) is 63.6 Å². The molecule has 30 heavy (non-hydrogen) atoms. The lowest BCUT2D eigenvalue weighted by Crippen LogP contribution is -2.30. The molecule has 0 bridgehead atoms. The van der Waals surface area contributed by atoms with Gasteiger partial charge in [0.1, 0.15) is 5.75 Å². The van der Waals surface area contributed by atoms with Gasteiger partial charge in [-0.15, -0.1) is 0 Å². The summed E-state index contributed by atoms with van der Waals surface area (Å²) in [5.74, 6) is -0.893. The second kappa shape index (κ2) is 8.31. The van der Waals surface area contributed by atoms with Crippen LogP contribution in [-0.2, 0) is 4.79 Å². The van der Waals surface area contributed by atoms with E-state index in [9.17, 15) is 9.90 Å². The number of rotatable bonds is 4. The Morgan fingerprint density at radius 3 is 2.07 bits per heavy atom. The van der Waals surface area contributed by atoms with Gasteiger partial charge in [-0.05, 0) is 70.6 Å². The predicted octanol–water partition coefficient (Wildman–Crippen LogP) is 7.18. The summed E-state index contributed by atoms with van der Waals surface area (Å²) in [7, 11) is 0. The van der Waals surface area contributed by atoms with Crippen LogP contribution in [0.25, 0.3) is 11.6 Å². The van der Waals surface area contributed by atoms with Crippen LogP contribution in [0.4, 0.5) is 0 Å². The average molecular weight is 425 g/mol. The summed E-state index contributed by atoms with van der Waals surface area (Å²) in [5.41, 5.74) is 5.78. The second-order valence-corrected chi connectivity index (χ2v) is 10.2. The number of phenols is 1. The first-order valence-electron chi connectivity index (χ1n) is 10.2. The van der Waals surface area contributed by atoms with Crippen molar-refractivity contribution in [1.82, 2.24) is 0 Å². The number of carbonyl (C=O) groups is 1. The Labute approximate surface area is 183 Å². The molecule has 0 amide bonds. The SMILES string of the molecule is CC1(C)CC(=C(c2ccc(C=CC(=O)O)cc2)c2ccc(O)c(Cl)c2)CC(C)(C)C1. The Balaban J connectivity index is 2.15. The van der Waals surface area contributed by atoms with E-state index in [1.54, 1.807) is 12.1 Å². The van der Waals surface area contributed by atoms with E-state index < -0.39 is 5.97 Å². The van der Waals surface area contributed by atoms with E-state index >= 15 is 0 Å². The summed E-state index contributed by atoms with van der Waals surface area (Å²) in [5, 5.41) is 19.1. The molecule has 0 spiro atoms. The highest BCUT2D eigenvalue weighted by Crippen LogP contribution is 2.51. The number of carboxylic acid groups (broad SMARTS) is 1. The largest absolute Gasteiger partial charge is 0.506 e. The van der Waals surface area contributed by atoms with Crippen LogP contribution in [-0.4, -0.2) is 16.2 Å². The van der Waals surface area contributed by atoms with E-state index in [1.807, 2.05) is 36.4 Å². The maximum atomic E-state index is 10.8. The molecule has 158 valence electrons. The number of hydrogen-bond donors (Lipinski definition) is 2. The quantitative estimate of drug-likeness (QED) is 0.511. The van der Waals surface area contributed by atoms with Crippen molar-refractivity contribution in [2.75, 3.05) is 0 Å². The molecule has 4 heteroatoms. The zero-order valence-corrected chi connectivity index (χ0v) is 18.8. The van der Waals surface area contributed by atoms with Crippen molar-refractivity contribution in [1.29, 1.82) is 0 Å². The lowest BCUT2D eigenvalue weighted by atomic mass is 9.62. The molecule has 1 aliphatic carbocycles. The highest BCUT2D eigenvalue weighted by Gasteiger charge is 2.37. The lowest BCUT2D eigenvalue weighted by molar-refractivity contribution is -0.131. The fourth-order valence-corrected chi connectivity index (χ4v) is 5.16. The minimum atomic E-state index is -0.965. The topological polar surface area (TPSA) is 57.5 Å². The lowest BCUT2D eigenvalue weighted by Gasteiger charge is -2.43. The van der Waals surface area contributed by atoms with Crippen LogP contribution in [0.15, 0.2) is 54.1 Å². The second-order valence-electron chi connectivity index (χ2n) is 9.80. The third-order valence-electron chi connectivity index (χ3n) is 5.55. The molecule has 0 saturated heterocycles. The molecule has 1 saturated carbocycles. The number of benzene rings is 2. The van der Waals surface area contributed by atoms with Crippen molar-refractivity contribution in [2.24, 2.45) is 10.8 Å². The van der Waals surface area contributed by atoms with Crippen molar-refractivity contribution in [3.05, 3.63) is 75.8 Å². The van der Waals surface area contributed by atoms with E-state index in [2.05, 4.69) is 27.7 Å². The molecule has 2 N–H and O–H groups in total. The Bertz CT molecular complexity index is 993. The zero-order chi connectivity index (χ0) is 22.1. The number of phenolic OH excluding ortho intramolecular Hbond substituents is 1. The predicted molar refractivity (Wildman–Crippen MR) is 124 cm³/mol. The number of allylic oxidation sites excluding steroid dienone is 1. The number of hydrogen-bond acceptors (Lipinski definition) is 2. The Morgan fingerprint density at radius 1 is 0.967 bits per heavy atom. The van der Waals surface area contributed by atoms with Gasteiger partial charge in [0.25, 0.3) is 0 Å². The third-order valence-corrected chi connectivity index (χ3v) is 5.85. The van der Waals surface area contributed by atoms with Crippen molar-refractivity contribution in [3.8, 4) is 5.75 Å². The van der Waals surface area contributed by atoms with Gasteiger partial charge in [-0.1, -0.05) is 75.2 Å². The molecule has 1 aliphatic rings. The van der Waals surface area contributed by atoms with Crippen molar-refractivity contribution >= 4 is 29.2 Å². The molecule has 3 rings (SSSR count). The minimum absolute atomic E-state index is 0.0724. The number of aliphatic carboxylic acids is 1. The molecule has 2 aromatic carbocycles. The smallest absolute Gasteiger partial charge is 0.328 e. The van der Waals surface area contributed by atoms with Crippen molar-refractivity contribution in [2.45, 2.75) is 47.0 Å². The molecule has 0 atom stereocenters. The summed E-state index contributed by atoms with van der Waals surface area (Å²) in [4.78, 5) is 10.8. The zero-order valence-electron chi connectivity index (χ0n) is 18.0. The fraction of sp³-hybridized carbons (Fsp3) is 0.346. The van der Waals surface area contributed by atoms with Gasteiger partial charge in [0, 0.05) is 6.08 Å².